The molecule has 1 aromatic carbocycles. The van der Waals surface area contributed by atoms with E-state index in [0.29, 0.717) is 5.75 Å². The van der Waals surface area contributed by atoms with Crippen LogP contribution in [0.25, 0.3) is 0 Å². The number of carboxylic acid groups (broad SMARTS) is 1. The van der Waals surface area contributed by atoms with Crippen LogP contribution in [0.15, 0.2) is 24.3 Å². The highest BCUT2D eigenvalue weighted by Crippen LogP contribution is 2.41. The molecule has 21 heavy (non-hydrogen) atoms. The smallest absolute Gasteiger partial charge is 0.327 e. The second-order valence-electron chi connectivity index (χ2n) is 6.02. The summed E-state index contributed by atoms with van der Waals surface area (Å²) in [6, 6.07) is 7.23. The lowest BCUT2D eigenvalue weighted by Gasteiger charge is -2.37. The Morgan fingerprint density at radius 1 is 1.33 bits per heavy atom. The number of amides is 1. The van der Waals surface area contributed by atoms with Gasteiger partial charge in [-0.25, -0.2) is 4.79 Å². The summed E-state index contributed by atoms with van der Waals surface area (Å²) in [5.41, 5.74) is 2.27. The van der Waals surface area contributed by atoms with Crippen LogP contribution in [0.2, 0.25) is 0 Å². The van der Waals surface area contributed by atoms with E-state index in [1.54, 1.807) is 16.7 Å². The fourth-order valence-electron chi connectivity index (χ4n) is 3.17. The standard InChI is InChI=1S/C16H19NO3S/c1-9(2)15-17(13(8-21-15)16(19)20)14(18)12-7-10-5-3-4-6-11(10)12/h3-6,9,12-13,15H,7-8H2,1-2H3,(H,19,20). The summed E-state index contributed by atoms with van der Waals surface area (Å²) in [6.07, 6.45) is 0.729. The summed E-state index contributed by atoms with van der Waals surface area (Å²) in [7, 11) is 0. The Morgan fingerprint density at radius 3 is 2.67 bits per heavy atom. The Hall–Kier alpha value is -1.49. The van der Waals surface area contributed by atoms with E-state index in [-0.39, 0.29) is 23.1 Å². The van der Waals surface area contributed by atoms with Crippen molar-refractivity contribution in [2.24, 2.45) is 5.92 Å². The van der Waals surface area contributed by atoms with Crippen LogP contribution in [0, 0.1) is 5.92 Å². The van der Waals surface area contributed by atoms with Gasteiger partial charge in [-0.2, -0.15) is 0 Å². The summed E-state index contributed by atoms with van der Waals surface area (Å²) in [6.45, 7) is 4.08. The maximum absolute atomic E-state index is 12.9. The highest BCUT2D eigenvalue weighted by Gasteiger charge is 2.46. The zero-order valence-corrected chi connectivity index (χ0v) is 13.0. The average Bonchev–Trinajstić information content (AvgIpc) is 2.85. The van der Waals surface area contributed by atoms with Gasteiger partial charge >= 0.3 is 5.97 Å². The number of fused-ring (bicyclic) bond motifs is 1. The molecule has 1 heterocycles. The summed E-state index contributed by atoms with van der Waals surface area (Å²) in [4.78, 5) is 25.9. The highest BCUT2D eigenvalue weighted by atomic mass is 32.2. The fraction of sp³-hybridized carbons (Fsp3) is 0.500. The summed E-state index contributed by atoms with van der Waals surface area (Å²) in [5.74, 6) is -0.351. The van der Waals surface area contributed by atoms with Crippen molar-refractivity contribution < 1.29 is 14.7 Å². The molecule has 0 bridgehead atoms. The van der Waals surface area contributed by atoms with Crippen LogP contribution in [0.1, 0.15) is 30.9 Å². The van der Waals surface area contributed by atoms with Gasteiger partial charge in [-0.3, -0.25) is 4.79 Å². The minimum absolute atomic E-state index is 0.0233. The first-order valence-corrected chi connectivity index (χ1v) is 8.30. The molecular weight excluding hydrogens is 286 g/mol. The van der Waals surface area contributed by atoms with Gasteiger partial charge in [0.15, 0.2) is 0 Å². The van der Waals surface area contributed by atoms with E-state index in [1.807, 2.05) is 38.1 Å². The molecule has 3 unspecified atom stereocenters. The van der Waals surface area contributed by atoms with Gasteiger partial charge < -0.3 is 10.0 Å². The third-order valence-electron chi connectivity index (χ3n) is 4.30. The molecule has 3 rings (SSSR count). The SMILES string of the molecule is CC(C)C1SCC(C(=O)O)N1C(=O)C1Cc2ccccc21. The molecule has 0 saturated carbocycles. The predicted octanol–water partition coefficient (Wildman–Crippen LogP) is 2.34. The summed E-state index contributed by atoms with van der Waals surface area (Å²) in [5, 5.41) is 9.36. The Kier molecular flexibility index (Phi) is 3.69. The molecular formula is C16H19NO3S. The van der Waals surface area contributed by atoms with Crippen LogP contribution in [0.4, 0.5) is 0 Å². The molecule has 0 spiro atoms. The van der Waals surface area contributed by atoms with E-state index in [1.165, 1.54) is 5.56 Å². The van der Waals surface area contributed by atoms with Gasteiger partial charge in [0, 0.05) is 5.75 Å². The molecule has 1 saturated heterocycles. The first-order valence-electron chi connectivity index (χ1n) is 7.25. The molecule has 1 aromatic rings. The number of carbonyl (C=O) groups is 2. The number of hydrogen-bond donors (Lipinski definition) is 1. The van der Waals surface area contributed by atoms with Crippen molar-refractivity contribution in [3.63, 3.8) is 0 Å². The molecule has 1 N–H and O–H groups in total. The maximum atomic E-state index is 12.9. The maximum Gasteiger partial charge on any atom is 0.327 e. The lowest BCUT2D eigenvalue weighted by atomic mass is 9.76. The average molecular weight is 305 g/mol. The van der Waals surface area contributed by atoms with E-state index in [9.17, 15) is 14.7 Å². The first kappa shape index (κ1) is 14.4. The van der Waals surface area contributed by atoms with Crippen LogP contribution < -0.4 is 0 Å². The van der Waals surface area contributed by atoms with Gasteiger partial charge in [-0.1, -0.05) is 38.1 Å². The molecule has 1 amide bonds. The van der Waals surface area contributed by atoms with Crippen molar-refractivity contribution in [2.45, 2.75) is 37.6 Å². The predicted molar refractivity (Wildman–Crippen MR) is 82.2 cm³/mol. The summed E-state index contributed by atoms with van der Waals surface area (Å²) < 4.78 is 0. The topological polar surface area (TPSA) is 57.6 Å². The van der Waals surface area contributed by atoms with Gasteiger partial charge in [0.05, 0.1) is 11.3 Å². The van der Waals surface area contributed by atoms with Crippen LogP contribution in [-0.2, 0) is 16.0 Å². The third-order valence-corrected chi connectivity index (χ3v) is 5.92. The monoisotopic (exact) mass is 305 g/mol. The van der Waals surface area contributed by atoms with E-state index >= 15 is 0 Å². The van der Waals surface area contributed by atoms with Gasteiger partial charge in [0.1, 0.15) is 6.04 Å². The van der Waals surface area contributed by atoms with Crippen molar-refractivity contribution in [3.8, 4) is 0 Å². The van der Waals surface area contributed by atoms with Gasteiger partial charge in [-0.05, 0) is 23.5 Å². The zero-order chi connectivity index (χ0) is 15.1. The lowest BCUT2D eigenvalue weighted by Crippen LogP contribution is -2.50. The minimum Gasteiger partial charge on any atom is -0.480 e. The van der Waals surface area contributed by atoms with E-state index in [4.69, 9.17) is 0 Å². The van der Waals surface area contributed by atoms with Crippen LogP contribution in [0.3, 0.4) is 0 Å². The van der Waals surface area contributed by atoms with Gasteiger partial charge in [0.2, 0.25) is 5.91 Å². The number of rotatable bonds is 3. The van der Waals surface area contributed by atoms with Crippen molar-refractivity contribution in [1.82, 2.24) is 4.90 Å². The molecule has 112 valence electrons. The molecule has 4 nitrogen and oxygen atoms in total. The number of hydrogen-bond acceptors (Lipinski definition) is 3. The lowest BCUT2D eigenvalue weighted by molar-refractivity contribution is -0.150. The van der Waals surface area contributed by atoms with Crippen molar-refractivity contribution in [2.75, 3.05) is 5.75 Å². The second kappa shape index (κ2) is 5.37. The first-order chi connectivity index (χ1) is 10.0. The van der Waals surface area contributed by atoms with Crippen LogP contribution >= 0.6 is 11.8 Å². The Morgan fingerprint density at radius 2 is 2.05 bits per heavy atom. The van der Waals surface area contributed by atoms with E-state index in [2.05, 4.69) is 0 Å². The van der Waals surface area contributed by atoms with Crippen molar-refractivity contribution >= 4 is 23.6 Å². The number of benzene rings is 1. The van der Waals surface area contributed by atoms with Crippen LogP contribution in [-0.4, -0.2) is 39.1 Å². The Labute approximate surface area is 128 Å². The highest BCUT2D eigenvalue weighted by molar-refractivity contribution is 8.00. The fourth-order valence-corrected chi connectivity index (χ4v) is 4.65. The molecule has 1 aliphatic carbocycles. The molecule has 1 aliphatic heterocycles. The molecule has 0 radical (unpaired) electrons. The number of nitrogens with zero attached hydrogens (tertiary/aromatic N) is 1. The Bertz CT molecular complexity index is 587. The van der Waals surface area contributed by atoms with E-state index in [0.717, 1.165) is 12.0 Å². The molecule has 5 heteroatoms. The Balaban J connectivity index is 1.86. The van der Waals surface area contributed by atoms with E-state index < -0.39 is 12.0 Å². The molecule has 3 atom stereocenters. The van der Waals surface area contributed by atoms with Gasteiger partial charge in [-0.15, -0.1) is 11.8 Å². The molecule has 1 fully saturated rings. The minimum atomic E-state index is -0.897. The normalized spacial score (nSPS) is 27.4. The molecule has 0 aromatic heterocycles. The van der Waals surface area contributed by atoms with Crippen molar-refractivity contribution in [3.05, 3.63) is 35.4 Å². The number of aliphatic carboxylic acids is 1. The third kappa shape index (κ3) is 2.33. The zero-order valence-electron chi connectivity index (χ0n) is 12.2. The largest absolute Gasteiger partial charge is 0.480 e. The second-order valence-corrected chi connectivity index (χ2v) is 7.17. The van der Waals surface area contributed by atoms with Crippen molar-refractivity contribution in [1.29, 1.82) is 0 Å². The number of thioether (sulfide) groups is 1. The molecule has 2 aliphatic rings. The summed E-state index contributed by atoms with van der Waals surface area (Å²) >= 11 is 1.58. The van der Waals surface area contributed by atoms with Crippen LogP contribution in [0.5, 0.6) is 0 Å². The number of carbonyl (C=O) groups excluding carboxylic acids is 1. The quantitative estimate of drug-likeness (QED) is 0.931. The van der Waals surface area contributed by atoms with Gasteiger partial charge in [0.25, 0.3) is 0 Å². The number of carboxylic acids is 1.